The summed E-state index contributed by atoms with van der Waals surface area (Å²) in [7, 11) is 1.65. The van der Waals surface area contributed by atoms with Crippen LogP contribution in [-0.2, 0) is 16.0 Å². The Morgan fingerprint density at radius 3 is 2.41 bits per heavy atom. The van der Waals surface area contributed by atoms with Gasteiger partial charge in [-0.1, -0.05) is 12.1 Å². The first-order valence-corrected chi connectivity index (χ1v) is 7.58. The van der Waals surface area contributed by atoms with Gasteiger partial charge in [0.2, 0.25) is 0 Å². The molecule has 1 aromatic rings. The molecule has 0 aliphatic rings. The summed E-state index contributed by atoms with van der Waals surface area (Å²) in [6, 6.07) is 6.41. The second-order valence-corrected chi connectivity index (χ2v) is 6.43. The summed E-state index contributed by atoms with van der Waals surface area (Å²) in [6.45, 7) is 8.56. The van der Waals surface area contributed by atoms with Crippen molar-refractivity contribution < 1.29 is 19.0 Å². The van der Waals surface area contributed by atoms with Crippen LogP contribution in [0.4, 0.5) is 4.39 Å². The molecule has 0 spiro atoms. The molecule has 0 radical (unpaired) electrons. The van der Waals surface area contributed by atoms with E-state index >= 15 is 0 Å². The zero-order chi connectivity index (χ0) is 16.6. The van der Waals surface area contributed by atoms with Gasteiger partial charge in [0.25, 0.3) is 0 Å². The summed E-state index contributed by atoms with van der Waals surface area (Å²) < 4.78 is 23.7. The second-order valence-electron chi connectivity index (χ2n) is 6.43. The summed E-state index contributed by atoms with van der Waals surface area (Å²) in [6.07, 6.45) is -0.573. The second kappa shape index (κ2) is 9.20. The standard InChI is InChI=1S/C17H28FNO3/c1-17(2,3)22-13-16(20)12-19(9-10-21-4)11-14-5-7-15(18)8-6-14/h5-8,16,20H,9-13H2,1-4H3. The van der Waals surface area contributed by atoms with E-state index in [0.717, 1.165) is 5.56 Å². The van der Waals surface area contributed by atoms with Crippen molar-refractivity contribution >= 4 is 0 Å². The van der Waals surface area contributed by atoms with Crippen LogP contribution >= 0.6 is 0 Å². The number of hydrogen-bond acceptors (Lipinski definition) is 4. The van der Waals surface area contributed by atoms with Crippen LogP contribution in [0.2, 0.25) is 0 Å². The van der Waals surface area contributed by atoms with Gasteiger partial charge in [0.1, 0.15) is 5.82 Å². The molecule has 1 rings (SSSR count). The molecule has 1 aromatic carbocycles. The summed E-state index contributed by atoms with van der Waals surface area (Å²) in [5, 5.41) is 10.1. The molecule has 126 valence electrons. The minimum absolute atomic E-state index is 0.245. The molecule has 0 aliphatic carbocycles. The van der Waals surface area contributed by atoms with Crippen molar-refractivity contribution in [3.63, 3.8) is 0 Å². The molecular formula is C17H28FNO3. The van der Waals surface area contributed by atoms with Gasteiger partial charge in [0.15, 0.2) is 0 Å². The van der Waals surface area contributed by atoms with Crippen LogP contribution in [-0.4, -0.2) is 55.1 Å². The summed E-state index contributed by atoms with van der Waals surface area (Å²) in [4.78, 5) is 2.08. The van der Waals surface area contributed by atoms with E-state index in [9.17, 15) is 9.50 Å². The first-order chi connectivity index (χ1) is 10.3. The fraction of sp³-hybridized carbons (Fsp3) is 0.647. The van der Waals surface area contributed by atoms with E-state index in [0.29, 0.717) is 26.2 Å². The lowest BCUT2D eigenvalue weighted by Crippen LogP contribution is -2.38. The minimum atomic E-state index is -0.573. The van der Waals surface area contributed by atoms with Gasteiger partial charge in [-0.3, -0.25) is 4.90 Å². The molecule has 0 saturated heterocycles. The van der Waals surface area contributed by atoms with Crippen LogP contribution in [0.3, 0.4) is 0 Å². The molecule has 5 heteroatoms. The third kappa shape index (κ3) is 8.44. The molecular weight excluding hydrogens is 285 g/mol. The summed E-state index contributed by atoms with van der Waals surface area (Å²) >= 11 is 0. The SMILES string of the molecule is COCCN(Cc1ccc(F)cc1)CC(O)COC(C)(C)C. The summed E-state index contributed by atoms with van der Waals surface area (Å²) in [5.41, 5.74) is 0.733. The number of benzene rings is 1. The Morgan fingerprint density at radius 2 is 1.86 bits per heavy atom. The normalized spacial score (nSPS) is 13.6. The fourth-order valence-corrected chi connectivity index (χ4v) is 2.00. The van der Waals surface area contributed by atoms with Crippen LogP contribution in [0.5, 0.6) is 0 Å². The van der Waals surface area contributed by atoms with Crippen molar-refractivity contribution in [3.05, 3.63) is 35.6 Å². The van der Waals surface area contributed by atoms with E-state index in [2.05, 4.69) is 4.90 Å². The van der Waals surface area contributed by atoms with Gasteiger partial charge in [-0.15, -0.1) is 0 Å². The van der Waals surface area contributed by atoms with Gasteiger partial charge in [0.05, 0.1) is 24.9 Å². The lowest BCUT2D eigenvalue weighted by atomic mass is 10.2. The van der Waals surface area contributed by atoms with Crippen molar-refractivity contribution in [2.75, 3.05) is 33.4 Å². The zero-order valence-corrected chi connectivity index (χ0v) is 14.0. The molecule has 0 fully saturated rings. The Labute approximate surface area is 132 Å². The van der Waals surface area contributed by atoms with Gasteiger partial charge < -0.3 is 14.6 Å². The molecule has 0 aromatic heterocycles. The molecule has 1 N–H and O–H groups in total. The Bertz CT molecular complexity index is 417. The monoisotopic (exact) mass is 313 g/mol. The largest absolute Gasteiger partial charge is 0.389 e. The highest BCUT2D eigenvalue weighted by Gasteiger charge is 2.16. The van der Waals surface area contributed by atoms with Gasteiger partial charge in [-0.25, -0.2) is 4.39 Å². The van der Waals surface area contributed by atoms with Crippen LogP contribution in [0.25, 0.3) is 0 Å². The molecule has 1 unspecified atom stereocenters. The Balaban J connectivity index is 2.54. The van der Waals surface area contributed by atoms with Crippen LogP contribution in [0, 0.1) is 5.82 Å². The van der Waals surface area contributed by atoms with Gasteiger partial charge >= 0.3 is 0 Å². The first kappa shape index (κ1) is 19.0. The number of hydrogen-bond donors (Lipinski definition) is 1. The van der Waals surface area contributed by atoms with E-state index in [1.54, 1.807) is 19.2 Å². The van der Waals surface area contributed by atoms with E-state index in [1.807, 2.05) is 20.8 Å². The number of aliphatic hydroxyl groups is 1. The number of rotatable bonds is 9. The van der Waals surface area contributed by atoms with Gasteiger partial charge in [-0.05, 0) is 38.5 Å². The number of halogens is 1. The maximum Gasteiger partial charge on any atom is 0.123 e. The molecule has 0 bridgehead atoms. The average Bonchev–Trinajstić information content (AvgIpc) is 2.44. The van der Waals surface area contributed by atoms with E-state index < -0.39 is 6.10 Å². The molecule has 0 saturated carbocycles. The van der Waals surface area contributed by atoms with Crippen molar-refractivity contribution in [1.29, 1.82) is 0 Å². The Hall–Kier alpha value is -1.01. The van der Waals surface area contributed by atoms with Crippen molar-refractivity contribution in [2.24, 2.45) is 0 Å². The van der Waals surface area contributed by atoms with Crippen molar-refractivity contribution in [3.8, 4) is 0 Å². The van der Waals surface area contributed by atoms with Crippen LogP contribution < -0.4 is 0 Å². The Morgan fingerprint density at radius 1 is 1.23 bits per heavy atom. The predicted octanol–water partition coefficient (Wildman–Crippen LogP) is 2.45. The fourth-order valence-electron chi connectivity index (χ4n) is 2.00. The average molecular weight is 313 g/mol. The van der Waals surface area contributed by atoms with Crippen LogP contribution in [0.1, 0.15) is 26.3 Å². The lowest BCUT2D eigenvalue weighted by molar-refractivity contribution is -0.0576. The third-order valence-electron chi connectivity index (χ3n) is 3.11. The lowest BCUT2D eigenvalue weighted by Gasteiger charge is -2.27. The number of aliphatic hydroxyl groups excluding tert-OH is 1. The smallest absolute Gasteiger partial charge is 0.123 e. The molecule has 22 heavy (non-hydrogen) atoms. The van der Waals surface area contributed by atoms with E-state index in [4.69, 9.17) is 9.47 Å². The maximum absolute atomic E-state index is 13.0. The highest BCUT2D eigenvalue weighted by Crippen LogP contribution is 2.10. The topological polar surface area (TPSA) is 41.9 Å². The zero-order valence-electron chi connectivity index (χ0n) is 14.0. The van der Waals surface area contributed by atoms with Crippen molar-refractivity contribution in [1.82, 2.24) is 4.90 Å². The Kier molecular flexibility index (Phi) is 7.96. The minimum Gasteiger partial charge on any atom is -0.389 e. The first-order valence-electron chi connectivity index (χ1n) is 7.58. The highest BCUT2D eigenvalue weighted by atomic mass is 19.1. The number of nitrogens with zero attached hydrogens (tertiary/aromatic N) is 1. The third-order valence-corrected chi connectivity index (χ3v) is 3.11. The van der Waals surface area contributed by atoms with Crippen LogP contribution in [0.15, 0.2) is 24.3 Å². The van der Waals surface area contributed by atoms with Crippen molar-refractivity contribution in [2.45, 2.75) is 39.0 Å². The molecule has 0 aliphatic heterocycles. The molecule has 0 heterocycles. The highest BCUT2D eigenvalue weighted by molar-refractivity contribution is 5.15. The maximum atomic E-state index is 13.0. The summed E-state index contributed by atoms with van der Waals surface area (Å²) in [5.74, 6) is -0.245. The molecule has 1 atom stereocenters. The number of methoxy groups -OCH3 is 1. The quantitative estimate of drug-likeness (QED) is 0.760. The van der Waals surface area contributed by atoms with E-state index in [-0.39, 0.29) is 18.0 Å². The number of ether oxygens (including phenoxy) is 2. The molecule has 4 nitrogen and oxygen atoms in total. The predicted molar refractivity (Wildman–Crippen MR) is 85.3 cm³/mol. The van der Waals surface area contributed by atoms with E-state index in [1.165, 1.54) is 12.1 Å². The van der Waals surface area contributed by atoms with Gasteiger partial charge in [0, 0.05) is 26.7 Å². The van der Waals surface area contributed by atoms with Gasteiger partial charge in [-0.2, -0.15) is 0 Å². The molecule has 0 amide bonds.